The summed E-state index contributed by atoms with van der Waals surface area (Å²) >= 11 is 0. The van der Waals surface area contributed by atoms with Crippen LogP contribution < -0.4 is 0 Å². The van der Waals surface area contributed by atoms with E-state index in [1.165, 1.54) is 18.4 Å². The molecule has 1 fully saturated rings. The highest BCUT2D eigenvalue weighted by atomic mass is 16.3. The van der Waals surface area contributed by atoms with Gasteiger partial charge < -0.3 is 9.67 Å². The van der Waals surface area contributed by atoms with E-state index in [2.05, 4.69) is 22.5 Å². The zero-order chi connectivity index (χ0) is 12.5. The molecule has 1 N–H and O–H groups in total. The highest BCUT2D eigenvalue weighted by Gasteiger charge is 2.25. The summed E-state index contributed by atoms with van der Waals surface area (Å²) < 4.78 is 2.21. The number of nitrogens with zero attached hydrogens (tertiary/aromatic N) is 2. The van der Waals surface area contributed by atoms with E-state index < -0.39 is 0 Å². The molecule has 0 radical (unpaired) electrons. The zero-order valence-corrected chi connectivity index (χ0v) is 10.8. The molecule has 0 bridgehead atoms. The second-order valence-electron chi connectivity index (χ2n) is 5.30. The number of aryl methyl sites for hydroxylation is 1. The number of rotatable bonds is 5. The predicted molar refractivity (Wildman–Crippen MR) is 72.5 cm³/mol. The first kappa shape index (κ1) is 11.7. The Kier molecular flexibility index (Phi) is 3.08. The zero-order valence-electron chi connectivity index (χ0n) is 10.8. The van der Waals surface area contributed by atoms with E-state index in [1.807, 2.05) is 18.2 Å². The molecule has 1 aliphatic rings. The molecule has 0 aliphatic heterocycles. The van der Waals surface area contributed by atoms with Crippen molar-refractivity contribution in [2.24, 2.45) is 5.92 Å². The lowest BCUT2D eigenvalue weighted by Crippen LogP contribution is -2.15. The third kappa shape index (κ3) is 2.27. The van der Waals surface area contributed by atoms with E-state index in [9.17, 15) is 5.11 Å². The number of aromatic nitrogens is 2. The highest BCUT2D eigenvalue weighted by Crippen LogP contribution is 2.34. The van der Waals surface area contributed by atoms with Crippen molar-refractivity contribution >= 4 is 11.0 Å². The van der Waals surface area contributed by atoms with Crippen LogP contribution in [-0.4, -0.2) is 20.8 Å². The van der Waals surface area contributed by atoms with Crippen LogP contribution in [0.2, 0.25) is 0 Å². The first-order valence-corrected chi connectivity index (χ1v) is 6.90. The van der Waals surface area contributed by atoms with Gasteiger partial charge in [0.25, 0.3) is 0 Å². The Labute approximate surface area is 107 Å². The van der Waals surface area contributed by atoms with Gasteiger partial charge in [-0.1, -0.05) is 25.0 Å². The standard InChI is InChI=1S/C15H20N2O/c1-2-17-14-6-4-3-5-13(14)16-15(17)10-12(18)9-11-7-8-11/h3-6,11-12,18H,2,7-10H2,1H3. The number of imidazole rings is 1. The molecule has 2 aromatic rings. The lowest BCUT2D eigenvalue weighted by molar-refractivity contribution is 0.154. The number of hydrogen-bond acceptors (Lipinski definition) is 2. The van der Waals surface area contributed by atoms with Crippen LogP contribution in [0.25, 0.3) is 11.0 Å². The van der Waals surface area contributed by atoms with Crippen molar-refractivity contribution in [2.75, 3.05) is 0 Å². The summed E-state index contributed by atoms with van der Waals surface area (Å²) in [5.74, 6) is 1.78. The van der Waals surface area contributed by atoms with E-state index in [4.69, 9.17) is 0 Å². The van der Waals surface area contributed by atoms with Crippen LogP contribution in [0, 0.1) is 5.92 Å². The van der Waals surface area contributed by atoms with Crippen LogP contribution in [0.5, 0.6) is 0 Å². The van der Waals surface area contributed by atoms with E-state index in [1.54, 1.807) is 0 Å². The molecule has 1 atom stereocenters. The van der Waals surface area contributed by atoms with Gasteiger partial charge in [-0.25, -0.2) is 4.98 Å². The number of hydrogen-bond donors (Lipinski definition) is 1. The van der Waals surface area contributed by atoms with Crippen LogP contribution in [0.4, 0.5) is 0 Å². The molecule has 0 spiro atoms. The fourth-order valence-electron chi connectivity index (χ4n) is 2.67. The molecular formula is C15H20N2O. The second-order valence-corrected chi connectivity index (χ2v) is 5.30. The molecule has 96 valence electrons. The summed E-state index contributed by atoms with van der Waals surface area (Å²) in [6, 6.07) is 8.20. The maximum Gasteiger partial charge on any atom is 0.112 e. The molecule has 3 nitrogen and oxygen atoms in total. The Balaban J connectivity index is 1.85. The Morgan fingerprint density at radius 2 is 2.17 bits per heavy atom. The van der Waals surface area contributed by atoms with Gasteiger partial charge in [-0.3, -0.25) is 0 Å². The van der Waals surface area contributed by atoms with Crippen LogP contribution in [0.1, 0.15) is 32.0 Å². The van der Waals surface area contributed by atoms with Crippen molar-refractivity contribution in [3.63, 3.8) is 0 Å². The summed E-state index contributed by atoms with van der Waals surface area (Å²) in [6.07, 6.45) is 3.97. The molecule has 1 aliphatic carbocycles. The van der Waals surface area contributed by atoms with Gasteiger partial charge in [0.05, 0.1) is 17.1 Å². The van der Waals surface area contributed by atoms with Gasteiger partial charge in [0.1, 0.15) is 5.82 Å². The fraction of sp³-hybridized carbons (Fsp3) is 0.533. The second kappa shape index (κ2) is 4.73. The average Bonchev–Trinajstić information content (AvgIpc) is 3.09. The van der Waals surface area contributed by atoms with Gasteiger partial charge in [0.15, 0.2) is 0 Å². The summed E-state index contributed by atoms with van der Waals surface area (Å²) in [5, 5.41) is 10.1. The molecule has 1 heterocycles. The average molecular weight is 244 g/mol. The Bertz CT molecular complexity index is 542. The maximum absolute atomic E-state index is 10.1. The first-order chi connectivity index (χ1) is 8.78. The smallest absolute Gasteiger partial charge is 0.112 e. The van der Waals surface area contributed by atoms with Gasteiger partial charge >= 0.3 is 0 Å². The monoisotopic (exact) mass is 244 g/mol. The summed E-state index contributed by atoms with van der Waals surface area (Å²) in [7, 11) is 0. The van der Waals surface area contributed by atoms with Crippen LogP contribution in [0.3, 0.4) is 0 Å². The Morgan fingerprint density at radius 3 is 2.89 bits per heavy atom. The van der Waals surface area contributed by atoms with Crippen molar-refractivity contribution in [2.45, 2.75) is 45.3 Å². The van der Waals surface area contributed by atoms with E-state index >= 15 is 0 Å². The Hall–Kier alpha value is -1.35. The molecule has 0 amide bonds. The third-order valence-electron chi connectivity index (χ3n) is 3.77. The number of fused-ring (bicyclic) bond motifs is 1. The van der Waals surface area contributed by atoms with Gasteiger partial charge in [-0.05, 0) is 31.4 Å². The lowest BCUT2D eigenvalue weighted by atomic mass is 10.1. The van der Waals surface area contributed by atoms with E-state index in [0.717, 1.165) is 30.2 Å². The number of aliphatic hydroxyl groups is 1. The third-order valence-corrected chi connectivity index (χ3v) is 3.77. The molecule has 0 saturated heterocycles. The SMILES string of the molecule is CCn1c(CC(O)CC2CC2)nc2ccccc21. The van der Waals surface area contributed by atoms with Crippen molar-refractivity contribution in [3.05, 3.63) is 30.1 Å². The van der Waals surface area contributed by atoms with Crippen LogP contribution >= 0.6 is 0 Å². The van der Waals surface area contributed by atoms with Gasteiger partial charge in [-0.2, -0.15) is 0 Å². The number of aliphatic hydroxyl groups excluding tert-OH is 1. The molecule has 1 aromatic carbocycles. The first-order valence-electron chi connectivity index (χ1n) is 6.90. The van der Waals surface area contributed by atoms with Gasteiger partial charge in [0, 0.05) is 13.0 Å². The molecule has 18 heavy (non-hydrogen) atoms. The minimum Gasteiger partial charge on any atom is -0.393 e. The largest absolute Gasteiger partial charge is 0.393 e. The molecule has 1 saturated carbocycles. The molecule has 1 unspecified atom stereocenters. The van der Waals surface area contributed by atoms with E-state index in [-0.39, 0.29) is 6.10 Å². The minimum absolute atomic E-state index is 0.236. The summed E-state index contributed by atoms with van der Waals surface area (Å²) in [5.41, 5.74) is 2.21. The molecular weight excluding hydrogens is 224 g/mol. The van der Waals surface area contributed by atoms with Crippen molar-refractivity contribution in [3.8, 4) is 0 Å². The van der Waals surface area contributed by atoms with Crippen LogP contribution in [0.15, 0.2) is 24.3 Å². The van der Waals surface area contributed by atoms with Crippen molar-refractivity contribution in [1.82, 2.24) is 9.55 Å². The number of para-hydroxylation sites is 2. The summed E-state index contributed by atoms with van der Waals surface area (Å²) in [6.45, 7) is 3.04. The molecule has 3 heteroatoms. The Morgan fingerprint density at radius 1 is 1.39 bits per heavy atom. The van der Waals surface area contributed by atoms with Crippen LogP contribution in [-0.2, 0) is 13.0 Å². The lowest BCUT2D eigenvalue weighted by Gasteiger charge is -2.11. The van der Waals surface area contributed by atoms with Crippen molar-refractivity contribution < 1.29 is 5.11 Å². The predicted octanol–water partition coefficient (Wildman–Crippen LogP) is 2.76. The maximum atomic E-state index is 10.1. The minimum atomic E-state index is -0.236. The van der Waals surface area contributed by atoms with Gasteiger partial charge in [-0.15, -0.1) is 0 Å². The highest BCUT2D eigenvalue weighted by molar-refractivity contribution is 5.75. The normalized spacial score (nSPS) is 17.2. The van der Waals surface area contributed by atoms with Crippen molar-refractivity contribution in [1.29, 1.82) is 0 Å². The topological polar surface area (TPSA) is 38.0 Å². The summed E-state index contributed by atoms with van der Waals surface area (Å²) in [4.78, 5) is 4.65. The molecule has 1 aromatic heterocycles. The number of benzene rings is 1. The van der Waals surface area contributed by atoms with E-state index in [0.29, 0.717) is 6.42 Å². The van der Waals surface area contributed by atoms with Gasteiger partial charge in [0.2, 0.25) is 0 Å². The molecule has 3 rings (SSSR count). The quantitative estimate of drug-likeness (QED) is 0.878. The fourth-order valence-corrected chi connectivity index (χ4v) is 2.67.